The molecule has 0 saturated heterocycles. The first-order valence-corrected chi connectivity index (χ1v) is 1.94. The standard InChI is InChI=1S/CBrClFO/c2-1(3,4)5. The summed E-state index contributed by atoms with van der Waals surface area (Å²) < 4.78 is 7.85. The molecule has 0 rings (SSSR count). The van der Waals surface area contributed by atoms with Crippen LogP contribution in [0, 0.1) is 0 Å². The van der Waals surface area contributed by atoms with Crippen molar-refractivity contribution in [3.8, 4) is 0 Å². The molecule has 0 aliphatic carbocycles. The van der Waals surface area contributed by atoms with Crippen LogP contribution >= 0.6 is 27.5 Å². The first-order chi connectivity index (χ1) is 2.00. The summed E-state index contributed by atoms with van der Waals surface area (Å²) in [5.41, 5.74) is 0. The summed E-state index contributed by atoms with van der Waals surface area (Å²) >= 11 is 6.14. The van der Waals surface area contributed by atoms with Crippen molar-refractivity contribution < 1.29 is 9.50 Å². The van der Waals surface area contributed by atoms with Gasteiger partial charge in [-0.2, -0.15) is 9.50 Å². The number of rotatable bonds is 0. The molecule has 0 aliphatic heterocycles. The van der Waals surface area contributed by atoms with Crippen LogP contribution in [0.15, 0.2) is 0 Å². The summed E-state index contributed by atoms with van der Waals surface area (Å²) in [5.74, 6) is 0. The molecule has 0 bridgehead atoms. The Kier molecular flexibility index (Phi) is 1.59. The molecule has 1 radical (unpaired) electrons. The van der Waals surface area contributed by atoms with Crippen molar-refractivity contribution in [3.63, 3.8) is 0 Å². The highest BCUT2D eigenvalue weighted by Crippen LogP contribution is 2.20. The van der Waals surface area contributed by atoms with Crippen LogP contribution in [0.4, 0.5) is 4.39 Å². The minimum Gasteiger partial charge on any atom is -0.179 e. The summed E-state index contributed by atoms with van der Waals surface area (Å²) in [6.45, 7) is 0. The molecule has 0 aromatic rings. The second kappa shape index (κ2) is 1.41. The lowest BCUT2D eigenvalue weighted by atomic mass is 11.6. The van der Waals surface area contributed by atoms with Gasteiger partial charge in [-0.25, -0.2) is 0 Å². The Balaban J connectivity index is 3.02. The van der Waals surface area contributed by atoms with E-state index in [1.54, 1.807) is 0 Å². The van der Waals surface area contributed by atoms with Gasteiger partial charge in [-0.15, -0.1) is 0 Å². The van der Waals surface area contributed by atoms with Crippen LogP contribution in [-0.2, 0) is 5.11 Å². The molecule has 0 aliphatic rings. The molecule has 0 spiro atoms. The Morgan fingerprint density at radius 2 is 2.00 bits per heavy atom. The van der Waals surface area contributed by atoms with Crippen LogP contribution in [0.5, 0.6) is 0 Å². The molecule has 0 fully saturated rings. The normalized spacial score (nSPS) is 21.6. The quantitative estimate of drug-likeness (QED) is 0.483. The monoisotopic (exact) mass is 161 g/mol. The molecule has 0 saturated carbocycles. The first-order valence-electron chi connectivity index (χ1n) is 0.771. The SMILES string of the molecule is [O]C(F)(Cl)Br. The highest BCUT2D eigenvalue weighted by molar-refractivity contribution is 9.10. The fourth-order valence-electron chi connectivity index (χ4n) is 0. The maximum Gasteiger partial charge on any atom is 0.370 e. The average molecular weight is 162 g/mol. The molecule has 0 aromatic carbocycles. The highest BCUT2D eigenvalue weighted by atomic mass is 79.9. The zero-order valence-electron chi connectivity index (χ0n) is 2.04. The van der Waals surface area contributed by atoms with Crippen molar-refractivity contribution in [2.45, 2.75) is 4.22 Å². The van der Waals surface area contributed by atoms with Gasteiger partial charge in [0.1, 0.15) is 0 Å². The van der Waals surface area contributed by atoms with Gasteiger partial charge in [-0.1, -0.05) is 0 Å². The molecule has 31 valence electrons. The van der Waals surface area contributed by atoms with E-state index in [0.717, 1.165) is 0 Å². The second-order valence-corrected chi connectivity index (χ2v) is 2.41. The molecular formula is CBrClFO. The Hall–Kier alpha value is 0.660. The number of hydrogen-bond donors (Lipinski definition) is 0. The van der Waals surface area contributed by atoms with Gasteiger partial charge in [0, 0.05) is 15.9 Å². The predicted octanol–water partition coefficient (Wildman–Crippen LogP) is 1.63. The van der Waals surface area contributed by atoms with Gasteiger partial charge in [0.15, 0.2) is 0 Å². The average Bonchev–Trinajstić information content (AvgIpc) is 0.722. The van der Waals surface area contributed by atoms with E-state index in [9.17, 15) is 4.39 Å². The number of alkyl halides is 3. The predicted molar refractivity (Wildman–Crippen MR) is 19.3 cm³/mol. The third kappa shape index (κ3) is 75.7. The van der Waals surface area contributed by atoms with Crippen molar-refractivity contribution in [2.24, 2.45) is 0 Å². The molecule has 1 unspecified atom stereocenters. The van der Waals surface area contributed by atoms with Crippen LogP contribution in [0.1, 0.15) is 0 Å². The molecule has 1 atom stereocenters. The van der Waals surface area contributed by atoms with Crippen LogP contribution in [0.2, 0.25) is 0 Å². The maximum atomic E-state index is 10.8. The van der Waals surface area contributed by atoms with Gasteiger partial charge in [0.05, 0.1) is 0 Å². The molecule has 0 amide bonds. The van der Waals surface area contributed by atoms with Crippen molar-refractivity contribution >= 4 is 27.5 Å². The minimum atomic E-state index is -2.97. The first kappa shape index (κ1) is 5.66. The third-order valence-corrected chi connectivity index (χ3v) is 0. The summed E-state index contributed by atoms with van der Waals surface area (Å²) in [7, 11) is 0. The zero-order chi connectivity index (χ0) is 4.50. The van der Waals surface area contributed by atoms with Gasteiger partial charge in [0.2, 0.25) is 0 Å². The number of hydrogen-bond acceptors (Lipinski definition) is 0. The lowest BCUT2D eigenvalue weighted by Gasteiger charge is -1.87. The van der Waals surface area contributed by atoms with E-state index >= 15 is 0 Å². The van der Waals surface area contributed by atoms with Crippen molar-refractivity contribution in [2.75, 3.05) is 0 Å². The van der Waals surface area contributed by atoms with Gasteiger partial charge >= 0.3 is 4.22 Å². The Morgan fingerprint density at radius 3 is 2.00 bits per heavy atom. The van der Waals surface area contributed by atoms with E-state index in [0.29, 0.717) is 0 Å². The van der Waals surface area contributed by atoms with E-state index in [-0.39, 0.29) is 0 Å². The van der Waals surface area contributed by atoms with Gasteiger partial charge < -0.3 is 0 Å². The molecule has 1 nitrogen and oxygen atoms in total. The third-order valence-electron chi connectivity index (χ3n) is 0. The summed E-state index contributed by atoms with van der Waals surface area (Å²) in [4.78, 5) is 0. The Bertz CT molecular complexity index is 27.1. The Morgan fingerprint density at radius 1 is 2.00 bits per heavy atom. The van der Waals surface area contributed by atoms with Crippen molar-refractivity contribution in [3.05, 3.63) is 0 Å². The molecule has 4 heteroatoms. The minimum absolute atomic E-state index is 1.92. The lowest BCUT2D eigenvalue weighted by Crippen LogP contribution is -1.93. The second-order valence-electron chi connectivity index (χ2n) is 0.446. The molecule has 5 heavy (non-hydrogen) atoms. The van der Waals surface area contributed by atoms with Gasteiger partial charge in [0.25, 0.3) is 0 Å². The zero-order valence-corrected chi connectivity index (χ0v) is 4.38. The van der Waals surface area contributed by atoms with Gasteiger partial charge in [-0.05, 0) is 11.6 Å². The molecule has 0 aromatic heterocycles. The van der Waals surface area contributed by atoms with Crippen LogP contribution in [0.25, 0.3) is 0 Å². The van der Waals surface area contributed by atoms with E-state index in [1.807, 2.05) is 15.9 Å². The molecule has 0 heterocycles. The fourth-order valence-corrected chi connectivity index (χ4v) is 0. The van der Waals surface area contributed by atoms with Crippen molar-refractivity contribution in [1.82, 2.24) is 0 Å². The van der Waals surface area contributed by atoms with Crippen LogP contribution < -0.4 is 0 Å². The summed E-state index contributed by atoms with van der Waals surface area (Å²) in [5, 5.41) is 9.12. The van der Waals surface area contributed by atoms with Gasteiger partial charge in [-0.3, -0.25) is 0 Å². The smallest absolute Gasteiger partial charge is 0.179 e. The van der Waals surface area contributed by atoms with Crippen molar-refractivity contribution in [1.29, 1.82) is 0 Å². The largest absolute Gasteiger partial charge is 0.370 e. The fraction of sp³-hybridized carbons (Fsp3) is 1.00. The van der Waals surface area contributed by atoms with Crippen LogP contribution in [-0.4, -0.2) is 4.22 Å². The molecular weight excluding hydrogens is 162 g/mol. The number of halogens is 3. The lowest BCUT2D eigenvalue weighted by molar-refractivity contribution is 0.0229. The molecule has 0 N–H and O–H groups in total. The van der Waals surface area contributed by atoms with E-state index in [2.05, 4.69) is 11.6 Å². The van der Waals surface area contributed by atoms with Crippen LogP contribution in [0.3, 0.4) is 0 Å². The summed E-state index contributed by atoms with van der Waals surface area (Å²) in [6, 6.07) is 0. The topological polar surface area (TPSA) is 19.9 Å². The van der Waals surface area contributed by atoms with E-state index < -0.39 is 4.22 Å². The summed E-state index contributed by atoms with van der Waals surface area (Å²) in [6.07, 6.45) is 0. The maximum absolute atomic E-state index is 10.8. The van der Waals surface area contributed by atoms with E-state index in [1.165, 1.54) is 0 Å². The Labute approximate surface area is 41.9 Å². The van der Waals surface area contributed by atoms with E-state index in [4.69, 9.17) is 5.11 Å². The highest BCUT2D eigenvalue weighted by Gasteiger charge is 2.15.